The second-order valence-corrected chi connectivity index (χ2v) is 6.97. The molecule has 126 valence electrons. The molecule has 0 amide bonds. The molecular formula is C20H23NO3. The van der Waals surface area contributed by atoms with E-state index in [0.717, 1.165) is 37.1 Å². The van der Waals surface area contributed by atoms with E-state index in [1.807, 2.05) is 24.3 Å². The predicted octanol–water partition coefficient (Wildman–Crippen LogP) is 2.86. The summed E-state index contributed by atoms with van der Waals surface area (Å²) < 4.78 is 5.96. The van der Waals surface area contributed by atoms with Gasteiger partial charge in [-0.15, -0.1) is 0 Å². The van der Waals surface area contributed by atoms with Crippen molar-refractivity contribution in [1.29, 1.82) is 0 Å². The summed E-state index contributed by atoms with van der Waals surface area (Å²) >= 11 is 0. The Morgan fingerprint density at radius 3 is 2.62 bits per heavy atom. The van der Waals surface area contributed by atoms with Gasteiger partial charge in [0.15, 0.2) is 0 Å². The van der Waals surface area contributed by atoms with Gasteiger partial charge in [0.25, 0.3) is 0 Å². The average molecular weight is 325 g/mol. The van der Waals surface area contributed by atoms with Gasteiger partial charge in [0.2, 0.25) is 0 Å². The van der Waals surface area contributed by atoms with Crippen LogP contribution >= 0.6 is 0 Å². The lowest BCUT2D eigenvalue weighted by atomic mass is 9.71. The van der Waals surface area contributed by atoms with Gasteiger partial charge in [-0.2, -0.15) is 0 Å². The van der Waals surface area contributed by atoms with E-state index in [4.69, 9.17) is 4.74 Å². The second-order valence-electron chi connectivity index (χ2n) is 6.97. The van der Waals surface area contributed by atoms with Crippen molar-refractivity contribution in [3.8, 4) is 11.5 Å². The van der Waals surface area contributed by atoms with Gasteiger partial charge in [-0.05, 0) is 68.2 Å². The van der Waals surface area contributed by atoms with Crippen LogP contribution in [0.1, 0.15) is 29.5 Å². The number of fused-ring (bicyclic) bond motifs is 2. The third-order valence-electron chi connectivity index (χ3n) is 5.49. The van der Waals surface area contributed by atoms with Gasteiger partial charge >= 0.3 is 0 Å². The first kappa shape index (κ1) is 15.5. The highest BCUT2D eigenvalue weighted by Gasteiger charge is 2.45. The molecule has 2 aromatic carbocycles. The zero-order valence-corrected chi connectivity index (χ0v) is 13.9. The summed E-state index contributed by atoms with van der Waals surface area (Å²) in [5.74, 6) is 0.908. The molecule has 0 aliphatic carbocycles. The zero-order valence-electron chi connectivity index (χ0n) is 13.9. The molecule has 4 nitrogen and oxygen atoms in total. The third-order valence-corrected chi connectivity index (χ3v) is 5.49. The van der Waals surface area contributed by atoms with E-state index in [-0.39, 0.29) is 11.7 Å². The molecule has 4 heteroatoms. The van der Waals surface area contributed by atoms with Crippen LogP contribution in [0.15, 0.2) is 42.5 Å². The van der Waals surface area contributed by atoms with Gasteiger partial charge in [-0.25, -0.2) is 0 Å². The number of ether oxygens (including phenoxy) is 1. The van der Waals surface area contributed by atoms with E-state index in [1.165, 1.54) is 0 Å². The van der Waals surface area contributed by atoms with Gasteiger partial charge in [-0.3, -0.25) is 0 Å². The topological polar surface area (TPSA) is 52.9 Å². The van der Waals surface area contributed by atoms with Crippen molar-refractivity contribution in [2.45, 2.75) is 25.0 Å². The first-order valence-electron chi connectivity index (χ1n) is 8.54. The summed E-state index contributed by atoms with van der Waals surface area (Å²) in [5, 5.41) is 22.0. The van der Waals surface area contributed by atoms with Crippen LogP contribution < -0.4 is 4.74 Å². The Morgan fingerprint density at radius 2 is 1.83 bits per heavy atom. The molecule has 0 aromatic heterocycles. The number of hydrogen-bond donors (Lipinski definition) is 2. The van der Waals surface area contributed by atoms with Crippen molar-refractivity contribution in [3.05, 3.63) is 59.2 Å². The molecule has 1 fully saturated rings. The van der Waals surface area contributed by atoms with Crippen molar-refractivity contribution in [2.75, 3.05) is 20.1 Å². The molecule has 1 unspecified atom stereocenters. The van der Waals surface area contributed by atoms with E-state index in [9.17, 15) is 10.2 Å². The number of piperidine rings is 1. The minimum atomic E-state index is -1.14. The molecule has 0 radical (unpaired) electrons. The lowest BCUT2D eigenvalue weighted by Crippen LogP contribution is -2.43. The Kier molecular flexibility index (Phi) is 3.74. The minimum Gasteiger partial charge on any atom is -0.508 e. The van der Waals surface area contributed by atoms with E-state index >= 15 is 0 Å². The Bertz CT molecular complexity index is 752. The number of benzene rings is 2. The second kappa shape index (κ2) is 5.80. The number of phenols is 1. The molecular weight excluding hydrogens is 302 g/mol. The highest BCUT2D eigenvalue weighted by molar-refractivity contribution is 5.52. The SMILES string of the molecule is CN1CCC(C2(O)c3ccccc3COc3ccc(O)cc32)CC1. The van der Waals surface area contributed by atoms with E-state index < -0.39 is 5.60 Å². The smallest absolute Gasteiger partial charge is 0.126 e. The molecule has 2 aromatic rings. The van der Waals surface area contributed by atoms with Crippen LogP contribution in [-0.4, -0.2) is 35.3 Å². The van der Waals surface area contributed by atoms with Crippen molar-refractivity contribution in [3.63, 3.8) is 0 Å². The van der Waals surface area contributed by atoms with Gasteiger partial charge < -0.3 is 19.8 Å². The summed E-state index contributed by atoms with van der Waals surface area (Å²) in [7, 11) is 2.12. The summed E-state index contributed by atoms with van der Waals surface area (Å²) in [6.45, 7) is 2.36. The summed E-state index contributed by atoms with van der Waals surface area (Å²) in [4.78, 5) is 2.29. The van der Waals surface area contributed by atoms with Crippen molar-refractivity contribution in [1.82, 2.24) is 4.90 Å². The fourth-order valence-corrected chi connectivity index (χ4v) is 4.13. The Hall–Kier alpha value is -2.04. The summed E-state index contributed by atoms with van der Waals surface area (Å²) in [5.41, 5.74) is 1.46. The molecule has 2 aliphatic rings. The molecule has 1 saturated heterocycles. The summed E-state index contributed by atoms with van der Waals surface area (Å²) in [6, 6.07) is 13.0. The maximum atomic E-state index is 12.0. The lowest BCUT2D eigenvalue weighted by molar-refractivity contribution is -0.0114. The first-order chi connectivity index (χ1) is 11.6. The van der Waals surface area contributed by atoms with Crippen LogP contribution in [0.3, 0.4) is 0 Å². The fourth-order valence-electron chi connectivity index (χ4n) is 4.13. The third kappa shape index (κ3) is 2.38. The number of likely N-dealkylation sites (tertiary alicyclic amines) is 1. The van der Waals surface area contributed by atoms with Gasteiger partial charge in [0.05, 0.1) is 0 Å². The number of phenolic OH excluding ortho intramolecular Hbond substituents is 1. The molecule has 2 heterocycles. The Labute approximate surface area is 142 Å². The van der Waals surface area contributed by atoms with Crippen LogP contribution in [0.25, 0.3) is 0 Å². The maximum Gasteiger partial charge on any atom is 0.126 e. The molecule has 0 bridgehead atoms. The molecule has 2 aliphatic heterocycles. The van der Waals surface area contributed by atoms with Crippen molar-refractivity contribution >= 4 is 0 Å². The summed E-state index contributed by atoms with van der Waals surface area (Å²) in [6.07, 6.45) is 1.83. The van der Waals surface area contributed by atoms with Crippen LogP contribution in [0.2, 0.25) is 0 Å². The highest BCUT2D eigenvalue weighted by Crippen LogP contribution is 2.48. The molecule has 0 saturated carbocycles. The standard InChI is InChI=1S/C20H23NO3/c1-21-10-8-15(9-11-21)20(23)17-5-3-2-4-14(17)13-24-19-7-6-16(22)12-18(19)20/h2-7,12,15,22-23H,8-11,13H2,1H3. The Balaban J connectivity index is 1.91. The average Bonchev–Trinajstić information content (AvgIpc) is 2.72. The number of aliphatic hydroxyl groups is 1. The van der Waals surface area contributed by atoms with Crippen LogP contribution in [0.5, 0.6) is 11.5 Å². The normalized spacial score (nSPS) is 24.6. The van der Waals surface area contributed by atoms with Gasteiger partial charge in [0, 0.05) is 5.56 Å². The van der Waals surface area contributed by atoms with Gasteiger partial charge in [-0.1, -0.05) is 24.3 Å². The monoisotopic (exact) mass is 325 g/mol. The van der Waals surface area contributed by atoms with Gasteiger partial charge in [0.1, 0.15) is 23.7 Å². The quantitative estimate of drug-likeness (QED) is 0.846. The minimum absolute atomic E-state index is 0.0945. The number of hydrogen-bond acceptors (Lipinski definition) is 4. The van der Waals surface area contributed by atoms with E-state index in [2.05, 4.69) is 11.9 Å². The largest absolute Gasteiger partial charge is 0.508 e. The molecule has 2 N–H and O–H groups in total. The number of rotatable bonds is 1. The molecule has 0 spiro atoms. The lowest BCUT2D eigenvalue weighted by Gasteiger charge is -2.41. The van der Waals surface area contributed by atoms with Crippen LogP contribution in [-0.2, 0) is 12.2 Å². The predicted molar refractivity (Wildman–Crippen MR) is 92.1 cm³/mol. The first-order valence-corrected chi connectivity index (χ1v) is 8.54. The molecule has 1 atom stereocenters. The van der Waals surface area contributed by atoms with Crippen LogP contribution in [0.4, 0.5) is 0 Å². The fraction of sp³-hybridized carbons (Fsp3) is 0.400. The Morgan fingerprint density at radius 1 is 1.08 bits per heavy atom. The molecule has 24 heavy (non-hydrogen) atoms. The number of nitrogens with zero attached hydrogens (tertiary/aromatic N) is 1. The van der Waals surface area contributed by atoms with E-state index in [0.29, 0.717) is 17.9 Å². The molecule has 4 rings (SSSR count). The number of aromatic hydroxyl groups is 1. The highest BCUT2D eigenvalue weighted by atomic mass is 16.5. The zero-order chi connectivity index (χ0) is 16.7. The van der Waals surface area contributed by atoms with Crippen molar-refractivity contribution < 1.29 is 14.9 Å². The maximum absolute atomic E-state index is 12.0. The van der Waals surface area contributed by atoms with E-state index in [1.54, 1.807) is 18.2 Å². The van der Waals surface area contributed by atoms with Crippen LogP contribution in [0, 0.1) is 5.92 Å². The van der Waals surface area contributed by atoms with Crippen molar-refractivity contribution in [2.24, 2.45) is 5.92 Å².